The molecule has 2 saturated heterocycles. The number of carbonyl (C=O) groups excluding carboxylic acids is 3. The van der Waals surface area contributed by atoms with Crippen LogP contribution in [0.1, 0.15) is 28.8 Å². The second-order valence-electron chi connectivity index (χ2n) is 9.28. The van der Waals surface area contributed by atoms with Gasteiger partial charge in [0.2, 0.25) is 11.8 Å². The summed E-state index contributed by atoms with van der Waals surface area (Å²) in [6.45, 7) is 3.46. The SMILES string of the molecule is O=C(NCC1CN(Cc2ccccc2)CCO1)c1cccc(N2NC(=O)C3CC=CCC3C2=O)c1. The average Bonchev–Trinajstić information content (AvgIpc) is 2.90. The lowest BCUT2D eigenvalue weighted by Gasteiger charge is -2.38. The maximum Gasteiger partial charge on any atom is 0.251 e. The number of rotatable bonds is 6. The van der Waals surface area contributed by atoms with Gasteiger partial charge >= 0.3 is 0 Å². The highest BCUT2D eigenvalue weighted by Gasteiger charge is 2.42. The van der Waals surface area contributed by atoms with Crippen molar-refractivity contribution in [3.05, 3.63) is 77.9 Å². The molecule has 0 radical (unpaired) electrons. The van der Waals surface area contributed by atoms with Crippen molar-refractivity contribution in [3.8, 4) is 0 Å². The molecular weight excluding hydrogens is 444 g/mol. The first kappa shape index (κ1) is 23.3. The normalized spacial score (nSPS) is 24.6. The molecule has 8 nitrogen and oxygen atoms in total. The molecule has 2 aliphatic heterocycles. The summed E-state index contributed by atoms with van der Waals surface area (Å²) in [5.41, 5.74) is 4.87. The van der Waals surface area contributed by atoms with Gasteiger partial charge in [-0.05, 0) is 36.6 Å². The van der Waals surface area contributed by atoms with Gasteiger partial charge in [-0.1, -0.05) is 48.6 Å². The lowest BCUT2D eigenvalue weighted by molar-refractivity contribution is -0.139. The quantitative estimate of drug-likeness (QED) is 0.627. The number of ether oxygens (including phenoxy) is 1. The molecule has 0 saturated carbocycles. The number of allylic oxidation sites excluding steroid dienone is 2. The van der Waals surface area contributed by atoms with E-state index in [1.165, 1.54) is 10.6 Å². The molecule has 3 amide bonds. The minimum absolute atomic E-state index is 0.0983. The van der Waals surface area contributed by atoms with E-state index >= 15 is 0 Å². The second-order valence-corrected chi connectivity index (χ2v) is 9.28. The van der Waals surface area contributed by atoms with E-state index in [0.29, 0.717) is 37.2 Å². The van der Waals surface area contributed by atoms with Gasteiger partial charge in [-0.15, -0.1) is 0 Å². The fourth-order valence-electron chi connectivity index (χ4n) is 4.97. The summed E-state index contributed by atoms with van der Waals surface area (Å²) in [5, 5.41) is 4.24. The number of benzene rings is 2. The van der Waals surface area contributed by atoms with E-state index in [2.05, 4.69) is 27.8 Å². The van der Waals surface area contributed by atoms with Crippen LogP contribution in [0.25, 0.3) is 0 Å². The zero-order chi connectivity index (χ0) is 24.2. The minimum Gasteiger partial charge on any atom is -0.374 e. The molecule has 2 aromatic rings. The van der Waals surface area contributed by atoms with Gasteiger partial charge in [0.15, 0.2) is 0 Å². The number of hydrogen-bond acceptors (Lipinski definition) is 5. The third-order valence-corrected chi connectivity index (χ3v) is 6.86. The first-order valence-electron chi connectivity index (χ1n) is 12.1. The second kappa shape index (κ2) is 10.4. The molecule has 3 atom stereocenters. The Morgan fingerprint density at radius 2 is 1.83 bits per heavy atom. The summed E-state index contributed by atoms with van der Waals surface area (Å²) in [7, 11) is 0. The Hall–Kier alpha value is -3.49. The Labute approximate surface area is 204 Å². The van der Waals surface area contributed by atoms with Crippen molar-refractivity contribution in [2.45, 2.75) is 25.5 Å². The highest BCUT2D eigenvalue weighted by Crippen LogP contribution is 2.32. The van der Waals surface area contributed by atoms with Crippen LogP contribution in [0.4, 0.5) is 5.69 Å². The smallest absolute Gasteiger partial charge is 0.251 e. The molecule has 35 heavy (non-hydrogen) atoms. The number of carbonyl (C=O) groups is 3. The zero-order valence-electron chi connectivity index (χ0n) is 19.6. The Kier molecular flexibility index (Phi) is 6.92. The van der Waals surface area contributed by atoms with Gasteiger partial charge in [0, 0.05) is 31.7 Å². The monoisotopic (exact) mass is 474 g/mol. The van der Waals surface area contributed by atoms with Crippen LogP contribution < -0.4 is 15.8 Å². The summed E-state index contributed by atoms with van der Waals surface area (Å²) < 4.78 is 5.86. The summed E-state index contributed by atoms with van der Waals surface area (Å²) in [4.78, 5) is 40.8. The summed E-state index contributed by atoms with van der Waals surface area (Å²) in [5.74, 6) is -1.25. The van der Waals surface area contributed by atoms with Crippen molar-refractivity contribution in [2.24, 2.45) is 11.8 Å². The summed E-state index contributed by atoms with van der Waals surface area (Å²) in [6, 6.07) is 17.1. The van der Waals surface area contributed by atoms with Crippen molar-refractivity contribution < 1.29 is 19.1 Å². The zero-order valence-corrected chi connectivity index (χ0v) is 19.6. The van der Waals surface area contributed by atoms with E-state index in [0.717, 1.165) is 19.6 Å². The molecule has 0 spiro atoms. The van der Waals surface area contributed by atoms with Gasteiger partial charge in [0.1, 0.15) is 0 Å². The minimum atomic E-state index is -0.367. The van der Waals surface area contributed by atoms with Crippen LogP contribution in [-0.2, 0) is 20.9 Å². The van der Waals surface area contributed by atoms with Crippen molar-refractivity contribution in [2.75, 3.05) is 31.3 Å². The first-order valence-corrected chi connectivity index (χ1v) is 12.1. The highest BCUT2D eigenvalue weighted by atomic mass is 16.5. The molecular formula is C27H30N4O4. The van der Waals surface area contributed by atoms with Gasteiger partial charge < -0.3 is 10.1 Å². The number of anilines is 1. The van der Waals surface area contributed by atoms with Crippen LogP contribution in [0.2, 0.25) is 0 Å². The molecule has 3 unspecified atom stereocenters. The van der Waals surface area contributed by atoms with Gasteiger partial charge in [0.05, 0.1) is 30.2 Å². The molecule has 2 heterocycles. The van der Waals surface area contributed by atoms with E-state index < -0.39 is 0 Å². The van der Waals surface area contributed by atoms with E-state index in [4.69, 9.17) is 4.74 Å². The molecule has 2 N–H and O–H groups in total. The van der Waals surface area contributed by atoms with E-state index in [-0.39, 0.29) is 35.7 Å². The Bertz CT molecular complexity index is 1120. The molecule has 1 aliphatic carbocycles. The fourth-order valence-corrected chi connectivity index (χ4v) is 4.97. The van der Waals surface area contributed by atoms with Crippen molar-refractivity contribution in [1.29, 1.82) is 0 Å². The van der Waals surface area contributed by atoms with E-state index in [1.807, 2.05) is 30.4 Å². The lowest BCUT2D eigenvalue weighted by atomic mass is 9.80. The van der Waals surface area contributed by atoms with Gasteiger partial charge in [-0.2, -0.15) is 0 Å². The number of hydrazine groups is 1. The number of nitrogens with one attached hydrogen (secondary N) is 2. The largest absolute Gasteiger partial charge is 0.374 e. The Balaban J connectivity index is 1.19. The molecule has 182 valence electrons. The molecule has 0 aromatic heterocycles. The van der Waals surface area contributed by atoms with Crippen molar-refractivity contribution in [1.82, 2.24) is 15.6 Å². The number of fused-ring (bicyclic) bond motifs is 1. The van der Waals surface area contributed by atoms with Gasteiger partial charge in [0.25, 0.3) is 5.91 Å². The number of amides is 3. The molecule has 8 heteroatoms. The molecule has 5 rings (SSSR count). The Morgan fingerprint density at radius 3 is 2.66 bits per heavy atom. The van der Waals surface area contributed by atoms with Crippen LogP contribution in [0, 0.1) is 11.8 Å². The predicted molar refractivity (Wildman–Crippen MR) is 131 cm³/mol. The van der Waals surface area contributed by atoms with E-state index in [9.17, 15) is 14.4 Å². The van der Waals surface area contributed by atoms with Crippen LogP contribution in [0.15, 0.2) is 66.7 Å². The van der Waals surface area contributed by atoms with Crippen LogP contribution in [-0.4, -0.2) is 55.0 Å². The third kappa shape index (κ3) is 5.28. The summed E-state index contributed by atoms with van der Waals surface area (Å²) in [6.07, 6.45) is 4.93. The number of morpholine rings is 1. The van der Waals surface area contributed by atoms with Gasteiger partial charge in [-0.25, -0.2) is 5.01 Å². The molecule has 2 fully saturated rings. The lowest BCUT2D eigenvalue weighted by Crippen LogP contribution is -2.59. The fraction of sp³-hybridized carbons (Fsp3) is 0.370. The molecule has 2 aromatic carbocycles. The topological polar surface area (TPSA) is 91.0 Å². The predicted octanol–water partition coefficient (Wildman–Crippen LogP) is 2.28. The van der Waals surface area contributed by atoms with Crippen LogP contribution in [0.5, 0.6) is 0 Å². The highest BCUT2D eigenvalue weighted by molar-refractivity contribution is 6.05. The maximum atomic E-state index is 13.0. The van der Waals surface area contributed by atoms with Crippen molar-refractivity contribution >= 4 is 23.4 Å². The maximum absolute atomic E-state index is 13.0. The third-order valence-electron chi connectivity index (χ3n) is 6.86. The Morgan fingerprint density at radius 1 is 1.03 bits per heavy atom. The molecule has 0 bridgehead atoms. The van der Waals surface area contributed by atoms with Crippen molar-refractivity contribution in [3.63, 3.8) is 0 Å². The average molecular weight is 475 g/mol. The van der Waals surface area contributed by atoms with Crippen LogP contribution in [0.3, 0.4) is 0 Å². The first-order chi connectivity index (χ1) is 17.1. The van der Waals surface area contributed by atoms with Gasteiger partial charge in [-0.3, -0.25) is 24.7 Å². The van der Waals surface area contributed by atoms with E-state index in [1.54, 1.807) is 24.3 Å². The number of nitrogens with zero attached hydrogens (tertiary/aromatic N) is 2. The number of hydrogen-bond donors (Lipinski definition) is 2. The standard InChI is InChI=1S/C27H30N4O4/c32-25(28-16-22-18-30(13-14-35-22)17-19-7-2-1-3-8-19)20-9-6-10-21(15-20)31-27(34)24-12-5-4-11-23(24)26(33)29-31/h1-10,15,22-24H,11-14,16-18H2,(H,28,32)(H,29,33). The van der Waals surface area contributed by atoms with Crippen LogP contribution >= 0.6 is 0 Å². The summed E-state index contributed by atoms with van der Waals surface area (Å²) >= 11 is 0. The molecule has 3 aliphatic rings.